The van der Waals surface area contributed by atoms with Crippen molar-refractivity contribution < 1.29 is 4.42 Å². The van der Waals surface area contributed by atoms with Gasteiger partial charge in [0.25, 0.3) is 5.56 Å². The van der Waals surface area contributed by atoms with E-state index in [9.17, 15) is 4.79 Å². The quantitative estimate of drug-likeness (QED) is 0.585. The second-order valence-electron chi connectivity index (χ2n) is 6.61. The molecule has 0 spiro atoms. The molecular weight excluding hydrogens is 310 g/mol. The van der Waals surface area contributed by atoms with Crippen LogP contribution in [0.1, 0.15) is 34.3 Å². The molecule has 1 aliphatic carbocycles. The summed E-state index contributed by atoms with van der Waals surface area (Å²) in [6, 6.07) is 22.3. The van der Waals surface area contributed by atoms with Crippen molar-refractivity contribution in [2.75, 3.05) is 0 Å². The predicted octanol–water partition coefficient (Wildman–Crippen LogP) is 4.59. The topological polar surface area (TPSA) is 46.0 Å². The van der Waals surface area contributed by atoms with Crippen molar-refractivity contribution >= 4 is 10.9 Å². The first kappa shape index (κ1) is 14.3. The lowest BCUT2D eigenvalue weighted by Crippen LogP contribution is -2.17. The van der Waals surface area contributed by atoms with E-state index < -0.39 is 0 Å². The molecule has 122 valence electrons. The third-order valence-electron chi connectivity index (χ3n) is 5.28. The van der Waals surface area contributed by atoms with Crippen molar-refractivity contribution in [2.45, 2.75) is 18.3 Å². The Morgan fingerprint density at radius 3 is 2.52 bits per heavy atom. The number of furan rings is 1. The molecule has 0 saturated heterocycles. The zero-order valence-electron chi connectivity index (χ0n) is 13.6. The first-order valence-corrected chi connectivity index (χ1v) is 8.55. The van der Waals surface area contributed by atoms with Crippen molar-refractivity contribution in [1.29, 1.82) is 0 Å². The highest BCUT2D eigenvalue weighted by molar-refractivity contribution is 5.84. The molecule has 5 rings (SSSR count). The van der Waals surface area contributed by atoms with Crippen LogP contribution in [-0.2, 0) is 6.42 Å². The summed E-state index contributed by atoms with van der Waals surface area (Å²) in [5.74, 6) is 1.00. The Labute approximate surface area is 144 Å². The summed E-state index contributed by atoms with van der Waals surface area (Å²) in [7, 11) is 0. The van der Waals surface area contributed by atoms with Gasteiger partial charge in [0.15, 0.2) is 0 Å². The van der Waals surface area contributed by atoms with Crippen LogP contribution in [0.15, 0.2) is 82.2 Å². The fourth-order valence-corrected chi connectivity index (χ4v) is 4.23. The average Bonchev–Trinajstić information content (AvgIpc) is 3.30. The molecule has 0 amide bonds. The van der Waals surface area contributed by atoms with Gasteiger partial charge in [0.1, 0.15) is 5.76 Å². The number of pyridine rings is 1. The summed E-state index contributed by atoms with van der Waals surface area (Å²) < 4.78 is 5.74. The van der Waals surface area contributed by atoms with Gasteiger partial charge in [-0.1, -0.05) is 48.5 Å². The molecule has 0 unspecified atom stereocenters. The Balaban J connectivity index is 1.80. The van der Waals surface area contributed by atoms with E-state index in [0.717, 1.165) is 34.2 Å². The SMILES string of the molecule is O=c1[nH]c2ccccc2c2c1[C@@H](c1ccco1)[C@H](c1ccccc1)C2. The minimum Gasteiger partial charge on any atom is -0.469 e. The lowest BCUT2D eigenvalue weighted by Gasteiger charge is -2.18. The summed E-state index contributed by atoms with van der Waals surface area (Å²) >= 11 is 0. The lowest BCUT2D eigenvalue weighted by molar-refractivity contribution is 0.463. The largest absolute Gasteiger partial charge is 0.469 e. The van der Waals surface area contributed by atoms with Crippen LogP contribution in [0.4, 0.5) is 0 Å². The van der Waals surface area contributed by atoms with Crippen LogP contribution in [0, 0.1) is 0 Å². The Hall–Kier alpha value is -3.07. The van der Waals surface area contributed by atoms with Gasteiger partial charge in [-0.2, -0.15) is 0 Å². The number of nitrogens with one attached hydrogen (secondary N) is 1. The highest BCUT2D eigenvalue weighted by Crippen LogP contribution is 2.47. The van der Waals surface area contributed by atoms with E-state index in [1.165, 1.54) is 5.56 Å². The smallest absolute Gasteiger partial charge is 0.252 e. The summed E-state index contributed by atoms with van der Waals surface area (Å²) in [6.07, 6.45) is 2.53. The Morgan fingerprint density at radius 2 is 1.72 bits per heavy atom. The molecular formula is C22H17NO2. The lowest BCUT2D eigenvalue weighted by atomic mass is 9.85. The van der Waals surface area contributed by atoms with E-state index in [-0.39, 0.29) is 17.4 Å². The van der Waals surface area contributed by atoms with Crippen LogP contribution < -0.4 is 5.56 Å². The molecule has 0 bridgehead atoms. The van der Waals surface area contributed by atoms with Crippen molar-refractivity contribution in [3.8, 4) is 0 Å². The Morgan fingerprint density at radius 1 is 0.920 bits per heavy atom. The Kier molecular flexibility index (Phi) is 3.14. The number of hydrogen-bond donors (Lipinski definition) is 1. The number of aromatic nitrogens is 1. The minimum absolute atomic E-state index is 0.00599. The first-order chi connectivity index (χ1) is 12.3. The number of H-pyrrole nitrogens is 1. The highest BCUT2D eigenvalue weighted by Gasteiger charge is 2.39. The van der Waals surface area contributed by atoms with E-state index in [1.54, 1.807) is 6.26 Å². The maximum Gasteiger partial charge on any atom is 0.252 e. The minimum atomic E-state index is -0.0549. The van der Waals surface area contributed by atoms with Gasteiger partial charge in [-0.25, -0.2) is 0 Å². The number of hydrogen-bond acceptors (Lipinski definition) is 2. The molecule has 0 radical (unpaired) electrons. The molecule has 2 heterocycles. The Bertz CT molecular complexity index is 1090. The molecule has 25 heavy (non-hydrogen) atoms. The molecule has 4 aromatic rings. The van der Waals surface area contributed by atoms with Gasteiger partial charge in [-0.15, -0.1) is 0 Å². The van der Waals surface area contributed by atoms with Crippen LogP contribution in [0.25, 0.3) is 10.9 Å². The molecule has 2 atom stereocenters. The van der Waals surface area contributed by atoms with Crippen molar-refractivity contribution in [2.24, 2.45) is 0 Å². The van der Waals surface area contributed by atoms with Gasteiger partial charge in [0.05, 0.1) is 12.2 Å². The third kappa shape index (κ3) is 2.16. The van der Waals surface area contributed by atoms with Crippen LogP contribution in [0.3, 0.4) is 0 Å². The third-order valence-corrected chi connectivity index (χ3v) is 5.28. The number of aromatic amines is 1. The zero-order chi connectivity index (χ0) is 16.8. The molecule has 1 N–H and O–H groups in total. The fourth-order valence-electron chi connectivity index (χ4n) is 4.23. The summed E-state index contributed by atoms with van der Waals surface area (Å²) in [6.45, 7) is 0. The normalized spacial score (nSPS) is 19.2. The molecule has 3 nitrogen and oxygen atoms in total. The molecule has 1 aliphatic rings. The standard InChI is InChI=1S/C22H17NO2/c24-22-21-17(15-9-4-5-10-18(15)23-22)13-16(14-7-2-1-3-8-14)20(21)19-11-6-12-25-19/h1-12,16,20H,13H2,(H,23,24)/t16-,20+/m0/s1. The average molecular weight is 327 g/mol. The number of para-hydroxylation sites is 1. The molecule has 2 aromatic heterocycles. The molecule has 3 heteroatoms. The molecule has 0 saturated carbocycles. The van der Waals surface area contributed by atoms with Gasteiger partial charge in [0, 0.05) is 22.4 Å². The van der Waals surface area contributed by atoms with E-state index in [4.69, 9.17) is 4.42 Å². The number of fused-ring (bicyclic) bond motifs is 3. The second-order valence-corrected chi connectivity index (χ2v) is 6.61. The van der Waals surface area contributed by atoms with E-state index in [2.05, 4.69) is 35.3 Å². The maximum atomic E-state index is 12.9. The van der Waals surface area contributed by atoms with Gasteiger partial charge >= 0.3 is 0 Å². The summed E-state index contributed by atoms with van der Waals surface area (Å²) in [5, 5.41) is 1.13. The van der Waals surface area contributed by atoms with Crippen molar-refractivity contribution in [3.05, 3.63) is 106 Å². The van der Waals surface area contributed by atoms with Crippen LogP contribution >= 0.6 is 0 Å². The van der Waals surface area contributed by atoms with Gasteiger partial charge in [-0.3, -0.25) is 4.79 Å². The van der Waals surface area contributed by atoms with Gasteiger partial charge in [0.2, 0.25) is 0 Å². The van der Waals surface area contributed by atoms with E-state index >= 15 is 0 Å². The summed E-state index contributed by atoms with van der Waals surface area (Å²) in [4.78, 5) is 16.0. The van der Waals surface area contributed by atoms with Crippen LogP contribution in [0.2, 0.25) is 0 Å². The first-order valence-electron chi connectivity index (χ1n) is 8.55. The van der Waals surface area contributed by atoms with Crippen LogP contribution in [0.5, 0.6) is 0 Å². The van der Waals surface area contributed by atoms with E-state index in [1.807, 2.05) is 36.4 Å². The molecule has 2 aromatic carbocycles. The monoisotopic (exact) mass is 327 g/mol. The predicted molar refractivity (Wildman–Crippen MR) is 98.0 cm³/mol. The molecule has 0 fully saturated rings. The number of benzene rings is 2. The van der Waals surface area contributed by atoms with Gasteiger partial charge < -0.3 is 9.40 Å². The van der Waals surface area contributed by atoms with Crippen LogP contribution in [-0.4, -0.2) is 4.98 Å². The van der Waals surface area contributed by atoms with Crippen molar-refractivity contribution in [3.63, 3.8) is 0 Å². The highest BCUT2D eigenvalue weighted by atomic mass is 16.3. The summed E-state index contributed by atoms with van der Waals surface area (Å²) in [5.41, 5.74) is 4.13. The van der Waals surface area contributed by atoms with Crippen molar-refractivity contribution in [1.82, 2.24) is 4.98 Å². The van der Waals surface area contributed by atoms with Gasteiger partial charge in [-0.05, 0) is 35.7 Å². The number of rotatable bonds is 2. The maximum absolute atomic E-state index is 12.9. The fraction of sp³-hybridized carbons (Fsp3) is 0.136. The second kappa shape index (κ2) is 5.49. The zero-order valence-corrected chi connectivity index (χ0v) is 13.6. The van der Waals surface area contributed by atoms with E-state index in [0.29, 0.717) is 0 Å². The molecule has 0 aliphatic heterocycles.